The van der Waals surface area contributed by atoms with Crippen molar-refractivity contribution in [2.75, 3.05) is 13.2 Å². The van der Waals surface area contributed by atoms with Crippen LogP contribution in [-0.4, -0.2) is 33.3 Å². The minimum Gasteiger partial charge on any atom is -0.381 e. The minimum atomic E-state index is -0.380. The third kappa shape index (κ3) is 3.00. The molecule has 1 aliphatic heterocycles. The van der Waals surface area contributed by atoms with E-state index < -0.39 is 0 Å². The number of carbonyl (C=O) groups excluding carboxylic acids is 1. The fraction of sp³-hybridized carbons (Fsp3) is 0.786. The molecule has 0 atom stereocenters. The standard InChI is InChI=1S/C14H23N3O3/c1-10-15-17(14(2,3)4)13(19)16(10)9-12(18)11-5-7-20-8-6-11/h11H,5-9H2,1-4H3. The van der Waals surface area contributed by atoms with Crippen LogP contribution in [0.1, 0.15) is 39.4 Å². The number of hydrogen-bond acceptors (Lipinski definition) is 4. The first-order valence-corrected chi connectivity index (χ1v) is 7.08. The molecule has 0 radical (unpaired) electrons. The van der Waals surface area contributed by atoms with Gasteiger partial charge in [0.25, 0.3) is 0 Å². The summed E-state index contributed by atoms with van der Waals surface area (Å²) in [7, 11) is 0. The van der Waals surface area contributed by atoms with Crippen LogP contribution in [0.5, 0.6) is 0 Å². The van der Waals surface area contributed by atoms with Crippen LogP contribution in [0.15, 0.2) is 4.79 Å². The molecule has 0 spiro atoms. The fourth-order valence-electron chi connectivity index (χ4n) is 2.42. The van der Waals surface area contributed by atoms with Crippen LogP contribution in [0.25, 0.3) is 0 Å². The van der Waals surface area contributed by atoms with Gasteiger partial charge in [-0.3, -0.25) is 9.36 Å². The monoisotopic (exact) mass is 281 g/mol. The molecule has 0 aliphatic carbocycles. The largest absolute Gasteiger partial charge is 0.381 e. The van der Waals surface area contributed by atoms with E-state index in [1.807, 2.05) is 20.8 Å². The molecule has 1 saturated heterocycles. The number of rotatable bonds is 3. The molecule has 1 aromatic rings. The molecule has 0 N–H and O–H groups in total. The summed E-state index contributed by atoms with van der Waals surface area (Å²) in [6.45, 7) is 8.91. The molecule has 2 rings (SSSR count). The highest BCUT2D eigenvalue weighted by molar-refractivity contribution is 5.80. The van der Waals surface area contributed by atoms with E-state index in [2.05, 4.69) is 5.10 Å². The second kappa shape index (κ2) is 5.52. The molecule has 112 valence electrons. The van der Waals surface area contributed by atoms with Crippen molar-refractivity contribution in [3.63, 3.8) is 0 Å². The molecule has 20 heavy (non-hydrogen) atoms. The van der Waals surface area contributed by atoms with E-state index in [9.17, 15) is 9.59 Å². The first-order chi connectivity index (χ1) is 9.30. The van der Waals surface area contributed by atoms with Crippen molar-refractivity contribution in [2.45, 2.75) is 52.6 Å². The Labute approximate surface area is 118 Å². The van der Waals surface area contributed by atoms with E-state index in [0.717, 1.165) is 12.8 Å². The highest BCUT2D eigenvalue weighted by Gasteiger charge is 2.25. The molecule has 0 unspecified atom stereocenters. The predicted octanol–water partition coefficient (Wildman–Crippen LogP) is 1.10. The lowest BCUT2D eigenvalue weighted by molar-refractivity contribution is -0.126. The lowest BCUT2D eigenvalue weighted by atomic mass is 9.95. The predicted molar refractivity (Wildman–Crippen MR) is 74.8 cm³/mol. The van der Waals surface area contributed by atoms with Gasteiger partial charge in [-0.25, -0.2) is 9.48 Å². The van der Waals surface area contributed by atoms with E-state index in [0.29, 0.717) is 19.0 Å². The van der Waals surface area contributed by atoms with Gasteiger partial charge >= 0.3 is 5.69 Å². The molecular weight excluding hydrogens is 258 g/mol. The number of ether oxygens (including phenoxy) is 1. The van der Waals surface area contributed by atoms with Crippen LogP contribution in [0, 0.1) is 12.8 Å². The SMILES string of the molecule is Cc1nn(C(C)(C)C)c(=O)n1CC(=O)C1CCOCC1. The average Bonchev–Trinajstić information content (AvgIpc) is 2.67. The van der Waals surface area contributed by atoms with Crippen LogP contribution < -0.4 is 5.69 Å². The Bertz CT molecular complexity index is 545. The van der Waals surface area contributed by atoms with Gasteiger partial charge in [0.2, 0.25) is 0 Å². The molecule has 1 aliphatic rings. The molecule has 2 heterocycles. The van der Waals surface area contributed by atoms with Crippen LogP contribution in [0.4, 0.5) is 0 Å². The number of Topliss-reactive ketones (excluding diaryl/α,β-unsaturated/α-hetero) is 1. The van der Waals surface area contributed by atoms with E-state index in [4.69, 9.17) is 4.74 Å². The van der Waals surface area contributed by atoms with Gasteiger partial charge in [-0.2, -0.15) is 5.10 Å². The summed E-state index contributed by atoms with van der Waals surface area (Å²) in [6, 6.07) is 0. The molecule has 0 saturated carbocycles. The van der Waals surface area contributed by atoms with Crippen LogP contribution >= 0.6 is 0 Å². The summed E-state index contributed by atoms with van der Waals surface area (Å²) >= 11 is 0. The Balaban J connectivity index is 2.19. The van der Waals surface area contributed by atoms with Gasteiger partial charge < -0.3 is 4.74 Å². The quantitative estimate of drug-likeness (QED) is 0.832. The summed E-state index contributed by atoms with van der Waals surface area (Å²) in [4.78, 5) is 24.6. The maximum atomic E-state index is 12.3. The highest BCUT2D eigenvalue weighted by atomic mass is 16.5. The first-order valence-electron chi connectivity index (χ1n) is 7.08. The molecule has 6 heteroatoms. The second-order valence-corrected chi connectivity index (χ2v) is 6.35. The van der Waals surface area contributed by atoms with Gasteiger partial charge in [0, 0.05) is 19.1 Å². The minimum absolute atomic E-state index is 0.00744. The fourth-order valence-corrected chi connectivity index (χ4v) is 2.42. The molecule has 1 fully saturated rings. The van der Waals surface area contributed by atoms with Crippen molar-refractivity contribution in [1.29, 1.82) is 0 Å². The average molecular weight is 281 g/mol. The Kier molecular flexibility index (Phi) is 4.13. The molecule has 0 amide bonds. The third-order valence-corrected chi connectivity index (χ3v) is 3.67. The van der Waals surface area contributed by atoms with E-state index in [1.54, 1.807) is 6.92 Å². The van der Waals surface area contributed by atoms with Crippen molar-refractivity contribution in [1.82, 2.24) is 14.3 Å². The summed E-state index contributed by atoms with van der Waals surface area (Å²) in [5.74, 6) is 0.699. The van der Waals surface area contributed by atoms with Gasteiger partial charge in [0.15, 0.2) is 5.78 Å². The van der Waals surface area contributed by atoms with E-state index in [-0.39, 0.29) is 29.5 Å². The zero-order valence-corrected chi connectivity index (χ0v) is 12.7. The van der Waals surface area contributed by atoms with Crippen molar-refractivity contribution < 1.29 is 9.53 Å². The Morgan fingerprint density at radius 3 is 2.45 bits per heavy atom. The van der Waals surface area contributed by atoms with Crippen molar-refractivity contribution in [3.05, 3.63) is 16.3 Å². The number of hydrogen-bond donors (Lipinski definition) is 0. The zero-order valence-electron chi connectivity index (χ0n) is 12.7. The summed E-state index contributed by atoms with van der Waals surface area (Å²) < 4.78 is 8.18. The van der Waals surface area contributed by atoms with Gasteiger partial charge in [-0.1, -0.05) is 0 Å². The normalized spacial score (nSPS) is 17.4. The Morgan fingerprint density at radius 2 is 1.95 bits per heavy atom. The molecule has 0 aromatic carbocycles. The third-order valence-electron chi connectivity index (χ3n) is 3.67. The van der Waals surface area contributed by atoms with Crippen LogP contribution in [0.3, 0.4) is 0 Å². The van der Waals surface area contributed by atoms with Crippen molar-refractivity contribution in [2.24, 2.45) is 5.92 Å². The second-order valence-electron chi connectivity index (χ2n) is 6.35. The maximum absolute atomic E-state index is 12.3. The number of aryl methyl sites for hydroxylation is 1. The van der Waals surface area contributed by atoms with Gasteiger partial charge in [0.1, 0.15) is 5.82 Å². The first kappa shape index (κ1) is 15.0. The lowest BCUT2D eigenvalue weighted by Gasteiger charge is -2.20. The zero-order chi connectivity index (χ0) is 14.9. The number of nitrogens with zero attached hydrogens (tertiary/aromatic N) is 3. The number of carbonyl (C=O) groups is 1. The smallest absolute Gasteiger partial charge is 0.346 e. The lowest BCUT2D eigenvalue weighted by Crippen LogP contribution is -2.37. The van der Waals surface area contributed by atoms with Crippen LogP contribution in [-0.2, 0) is 21.6 Å². The molecular formula is C14H23N3O3. The number of ketones is 1. The summed E-state index contributed by atoms with van der Waals surface area (Å²) in [5.41, 5.74) is -0.593. The molecule has 0 bridgehead atoms. The maximum Gasteiger partial charge on any atom is 0.346 e. The number of aromatic nitrogens is 3. The summed E-state index contributed by atoms with van der Waals surface area (Å²) in [5, 5.41) is 4.27. The topological polar surface area (TPSA) is 66.1 Å². The van der Waals surface area contributed by atoms with E-state index >= 15 is 0 Å². The van der Waals surface area contributed by atoms with Gasteiger partial charge in [0.05, 0.1) is 12.1 Å². The summed E-state index contributed by atoms with van der Waals surface area (Å²) in [6.07, 6.45) is 1.50. The Hall–Kier alpha value is -1.43. The van der Waals surface area contributed by atoms with Crippen molar-refractivity contribution in [3.8, 4) is 0 Å². The molecule has 1 aromatic heterocycles. The van der Waals surface area contributed by atoms with E-state index in [1.165, 1.54) is 9.25 Å². The molecule has 6 nitrogen and oxygen atoms in total. The van der Waals surface area contributed by atoms with Crippen LogP contribution in [0.2, 0.25) is 0 Å². The van der Waals surface area contributed by atoms with Gasteiger partial charge in [-0.05, 0) is 40.5 Å². The highest BCUT2D eigenvalue weighted by Crippen LogP contribution is 2.17. The Morgan fingerprint density at radius 1 is 1.35 bits per heavy atom. The van der Waals surface area contributed by atoms with Crippen molar-refractivity contribution >= 4 is 5.78 Å². The van der Waals surface area contributed by atoms with Gasteiger partial charge in [-0.15, -0.1) is 0 Å².